The van der Waals surface area contributed by atoms with Crippen LogP contribution in [0.3, 0.4) is 0 Å². The van der Waals surface area contributed by atoms with E-state index in [-0.39, 0.29) is 17.7 Å². The number of aliphatic hydroxyl groups is 1. The molecule has 17 heavy (non-hydrogen) atoms. The van der Waals surface area contributed by atoms with E-state index in [0.717, 1.165) is 13.0 Å². The first kappa shape index (κ1) is 11.8. The molecular formula is C11H15N3O3. The van der Waals surface area contributed by atoms with E-state index < -0.39 is 5.97 Å². The molecular weight excluding hydrogens is 222 g/mol. The first-order valence-electron chi connectivity index (χ1n) is 5.56. The zero-order chi connectivity index (χ0) is 12.4. The third kappa shape index (κ3) is 2.52. The van der Waals surface area contributed by atoms with Crippen molar-refractivity contribution in [3.63, 3.8) is 0 Å². The fraction of sp³-hybridized carbons (Fsp3) is 0.545. The molecule has 1 aliphatic rings. The van der Waals surface area contributed by atoms with E-state index in [2.05, 4.69) is 9.97 Å². The number of carboxylic acid groups (broad SMARTS) is 1. The standard InChI is InChI=1S/C11H15N3O3/c1-7(15)8-2-3-14(6-8)10-5-12-4-9(13-10)11(16)17/h4-5,7-8,15H,2-3,6H2,1H3,(H,16,17). The molecule has 6 nitrogen and oxygen atoms in total. The summed E-state index contributed by atoms with van der Waals surface area (Å²) in [4.78, 5) is 20.6. The number of hydrogen-bond donors (Lipinski definition) is 2. The number of hydrogen-bond acceptors (Lipinski definition) is 5. The van der Waals surface area contributed by atoms with Crippen molar-refractivity contribution >= 4 is 11.8 Å². The van der Waals surface area contributed by atoms with E-state index in [1.807, 2.05) is 4.90 Å². The van der Waals surface area contributed by atoms with Crippen molar-refractivity contribution in [1.82, 2.24) is 9.97 Å². The van der Waals surface area contributed by atoms with Gasteiger partial charge in [0.25, 0.3) is 0 Å². The Kier molecular flexibility index (Phi) is 3.23. The second kappa shape index (κ2) is 4.67. The van der Waals surface area contributed by atoms with Gasteiger partial charge < -0.3 is 15.1 Å². The van der Waals surface area contributed by atoms with Crippen molar-refractivity contribution in [3.8, 4) is 0 Å². The van der Waals surface area contributed by atoms with E-state index in [1.54, 1.807) is 13.1 Å². The molecule has 0 aliphatic carbocycles. The molecule has 0 saturated carbocycles. The minimum Gasteiger partial charge on any atom is -0.476 e. The Hall–Kier alpha value is -1.69. The fourth-order valence-electron chi connectivity index (χ4n) is 2.00. The van der Waals surface area contributed by atoms with E-state index in [1.165, 1.54) is 6.20 Å². The van der Waals surface area contributed by atoms with Crippen LogP contribution in [0.4, 0.5) is 5.82 Å². The Morgan fingerprint density at radius 1 is 1.59 bits per heavy atom. The molecule has 1 saturated heterocycles. The normalized spacial score (nSPS) is 21.5. The van der Waals surface area contributed by atoms with Crippen LogP contribution in [0.25, 0.3) is 0 Å². The maximum atomic E-state index is 10.8. The van der Waals surface area contributed by atoms with Crippen molar-refractivity contribution in [2.24, 2.45) is 5.92 Å². The molecule has 2 atom stereocenters. The van der Waals surface area contributed by atoms with Gasteiger partial charge in [-0.1, -0.05) is 0 Å². The lowest BCUT2D eigenvalue weighted by atomic mass is 10.0. The smallest absolute Gasteiger partial charge is 0.356 e. The van der Waals surface area contributed by atoms with Crippen molar-refractivity contribution in [1.29, 1.82) is 0 Å². The minimum absolute atomic E-state index is 0.0528. The largest absolute Gasteiger partial charge is 0.476 e. The Labute approximate surface area is 98.9 Å². The summed E-state index contributed by atoms with van der Waals surface area (Å²) in [6.07, 6.45) is 3.32. The highest BCUT2D eigenvalue weighted by Gasteiger charge is 2.27. The van der Waals surface area contributed by atoms with Crippen LogP contribution in [0.1, 0.15) is 23.8 Å². The summed E-state index contributed by atoms with van der Waals surface area (Å²) in [7, 11) is 0. The maximum Gasteiger partial charge on any atom is 0.356 e. The van der Waals surface area contributed by atoms with Crippen LogP contribution in [-0.4, -0.2) is 45.3 Å². The molecule has 1 aromatic heterocycles. The van der Waals surface area contributed by atoms with Crippen LogP contribution < -0.4 is 4.90 Å². The Morgan fingerprint density at radius 2 is 2.35 bits per heavy atom. The van der Waals surface area contributed by atoms with Crippen LogP contribution in [-0.2, 0) is 0 Å². The summed E-state index contributed by atoms with van der Waals surface area (Å²) in [6, 6.07) is 0. The number of nitrogens with zero attached hydrogens (tertiary/aromatic N) is 3. The topological polar surface area (TPSA) is 86.5 Å². The SMILES string of the molecule is CC(O)C1CCN(c2cncc(C(=O)O)n2)C1. The molecule has 0 aromatic carbocycles. The Balaban J connectivity index is 2.13. The van der Waals surface area contributed by atoms with Crippen molar-refractivity contribution in [2.45, 2.75) is 19.4 Å². The van der Waals surface area contributed by atoms with Crippen molar-refractivity contribution < 1.29 is 15.0 Å². The number of rotatable bonds is 3. The van der Waals surface area contributed by atoms with Gasteiger partial charge in [-0.2, -0.15) is 0 Å². The highest BCUT2D eigenvalue weighted by Crippen LogP contribution is 2.23. The molecule has 92 valence electrons. The monoisotopic (exact) mass is 237 g/mol. The highest BCUT2D eigenvalue weighted by atomic mass is 16.4. The van der Waals surface area contributed by atoms with Crippen LogP contribution in [0.5, 0.6) is 0 Å². The van der Waals surface area contributed by atoms with Gasteiger partial charge in [-0.15, -0.1) is 0 Å². The van der Waals surface area contributed by atoms with Gasteiger partial charge in [0.2, 0.25) is 0 Å². The van der Waals surface area contributed by atoms with Gasteiger partial charge >= 0.3 is 5.97 Å². The first-order chi connectivity index (χ1) is 8.08. The number of carbonyl (C=O) groups is 1. The average molecular weight is 237 g/mol. The third-order valence-corrected chi connectivity index (χ3v) is 3.07. The number of aromatic carboxylic acids is 1. The second-order valence-corrected chi connectivity index (χ2v) is 4.30. The van der Waals surface area contributed by atoms with Gasteiger partial charge in [0, 0.05) is 19.0 Å². The zero-order valence-corrected chi connectivity index (χ0v) is 9.58. The van der Waals surface area contributed by atoms with Crippen LogP contribution in [0.15, 0.2) is 12.4 Å². The van der Waals surface area contributed by atoms with Gasteiger partial charge in [-0.05, 0) is 13.3 Å². The molecule has 1 aliphatic heterocycles. The molecule has 1 aromatic rings. The fourth-order valence-corrected chi connectivity index (χ4v) is 2.00. The van der Waals surface area contributed by atoms with Gasteiger partial charge in [0.15, 0.2) is 5.69 Å². The van der Waals surface area contributed by atoms with E-state index in [0.29, 0.717) is 12.4 Å². The van der Waals surface area contributed by atoms with Crippen LogP contribution in [0.2, 0.25) is 0 Å². The number of carboxylic acids is 1. The first-order valence-corrected chi connectivity index (χ1v) is 5.56. The molecule has 2 heterocycles. The predicted octanol–water partition coefficient (Wildman–Crippen LogP) is 0.382. The average Bonchev–Trinajstić information content (AvgIpc) is 2.78. The third-order valence-electron chi connectivity index (χ3n) is 3.07. The molecule has 0 amide bonds. The quantitative estimate of drug-likeness (QED) is 0.790. The lowest BCUT2D eigenvalue weighted by Crippen LogP contribution is -2.25. The highest BCUT2D eigenvalue weighted by molar-refractivity contribution is 5.85. The second-order valence-electron chi connectivity index (χ2n) is 4.30. The Morgan fingerprint density at radius 3 is 2.94 bits per heavy atom. The molecule has 6 heteroatoms. The lowest BCUT2D eigenvalue weighted by molar-refractivity contribution is 0.0690. The summed E-state index contributed by atoms with van der Waals surface area (Å²) in [5.74, 6) is -0.302. The van der Waals surface area contributed by atoms with E-state index >= 15 is 0 Å². The zero-order valence-electron chi connectivity index (χ0n) is 9.58. The molecule has 2 unspecified atom stereocenters. The summed E-state index contributed by atoms with van der Waals surface area (Å²) >= 11 is 0. The summed E-state index contributed by atoms with van der Waals surface area (Å²) < 4.78 is 0. The minimum atomic E-state index is -1.08. The molecule has 2 rings (SSSR count). The van der Waals surface area contributed by atoms with Gasteiger partial charge in [-0.25, -0.2) is 9.78 Å². The molecule has 2 N–H and O–H groups in total. The Bertz CT molecular complexity index is 422. The van der Waals surface area contributed by atoms with Crippen molar-refractivity contribution in [3.05, 3.63) is 18.1 Å². The van der Waals surface area contributed by atoms with E-state index in [9.17, 15) is 9.90 Å². The van der Waals surface area contributed by atoms with E-state index in [4.69, 9.17) is 5.11 Å². The van der Waals surface area contributed by atoms with Gasteiger partial charge in [0.1, 0.15) is 5.82 Å². The van der Waals surface area contributed by atoms with Crippen LogP contribution >= 0.6 is 0 Å². The number of aliphatic hydroxyl groups excluding tert-OH is 1. The molecule has 0 spiro atoms. The van der Waals surface area contributed by atoms with Gasteiger partial charge in [-0.3, -0.25) is 4.98 Å². The molecule has 0 bridgehead atoms. The number of aromatic nitrogens is 2. The number of anilines is 1. The molecule has 1 fully saturated rings. The predicted molar refractivity (Wildman–Crippen MR) is 61.0 cm³/mol. The van der Waals surface area contributed by atoms with Gasteiger partial charge in [0.05, 0.1) is 18.5 Å². The van der Waals surface area contributed by atoms with Crippen LogP contribution in [0, 0.1) is 5.92 Å². The summed E-state index contributed by atoms with van der Waals surface area (Å²) in [6.45, 7) is 3.23. The maximum absolute atomic E-state index is 10.8. The summed E-state index contributed by atoms with van der Waals surface area (Å²) in [5, 5.41) is 18.3. The summed E-state index contributed by atoms with van der Waals surface area (Å²) in [5.41, 5.74) is -0.0528. The van der Waals surface area contributed by atoms with Crippen molar-refractivity contribution in [2.75, 3.05) is 18.0 Å². The molecule has 0 radical (unpaired) electrons. The lowest BCUT2D eigenvalue weighted by Gasteiger charge is -2.18.